The van der Waals surface area contributed by atoms with Crippen LogP contribution in [0, 0.1) is 13.8 Å². The summed E-state index contributed by atoms with van der Waals surface area (Å²) >= 11 is 0. The molecule has 0 amide bonds. The lowest BCUT2D eigenvalue weighted by Crippen LogP contribution is -2.02. The highest BCUT2D eigenvalue weighted by Crippen LogP contribution is 2.15. The van der Waals surface area contributed by atoms with Crippen LogP contribution >= 0.6 is 0 Å². The predicted molar refractivity (Wildman–Crippen MR) is 82.4 cm³/mol. The fraction of sp³-hybridized carbons (Fsp3) is 0.188. The molecular formula is C16H17N5. The molecule has 1 N–H and O–H groups in total. The largest absolute Gasteiger partial charge is 0.381 e. The molecule has 1 aromatic heterocycles. The van der Waals surface area contributed by atoms with E-state index in [0.29, 0.717) is 0 Å². The molecule has 0 saturated heterocycles. The minimum absolute atomic E-state index is 0.817. The van der Waals surface area contributed by atoms with Crippen LogP contribution in [0.5, 0.6) is 0 Å². The molecule has 0 aliphatic rings. The average Bonchev–Trinajstić information content (AvgIpc) is 3.03. The van der Waals surface area contributed by atoms with E-state index >= 15 is 0 Å². The van der Waals surface area contributed by atoms with Gasteiger partial charge in [-0.2, -0.15) is 0 Å². The smallest absolute Gasteiger partial charge is 0.143 e. The summed E-state index contributed by atoms with van der Waals surface area (Å²) in [7, 11) is 0. The summed E-state index contributed by atoms with van der Waals surface area (Å²) in [6.45, 7) is 5.07. The van der Waals surface area contributed by atoms with E-state index < -0.39 is 0 Å². The lowest BCUT2D eigenvalue weighted by atomic mass is 10.1. The van der Waals surface area contributed by atoms with Gasteiger partial charge in [0.05, 0.1) is 5.69 Å². The molecule has 0 radical (unpaired) electrons. The third-order valence-corrected chi connectivity index (χ3v) is 3.47. The molecule has 0 atom stereocenters. The Morgan fingerprint density at radius 3 is 2.57 bits per heavy atom. The normalized spacial score (nSPS) is 10.6. The van der Waals surface area contributed by atoms with Crippen LogP contribution in [0.2, 0.25) is 0 Å². The Kier molecular flexibility index (Phi) is 3.64. The number of aryl methyl sites for hydroxylation is 2. The Bertz CT molecular complexity index is 717. The zero-order valence-corrected chi connectivity index (χ0v) is 12.1. The molecule has 1 heterocycles. The van der Waals surface area contributed by atoms with Crippen molar-refractivity contribution in [1.82, 2.24) is 20.2 Å². The molecule has 5 heteroatoms. The van der Waals surface area contributed by atoms with E-state index in [-0.39, 0.29) is 0 Å². The fourth-order valence-electron chi connectivity index (χ4n) is 2.20. The highest BCUT2D eigenvalue weighted by Gasteiger charge is 2.01. The maximum absolute atomic E-state index is 3.87. The molecule has 106 valence electrons. The lowest BCUT2D eigenvalue weighted by molar-refractivity contribution is 0.789. The molecule has 0 spiro atoms. The molecule has 2 aromatic carbocycles. The van der Waals surface area contributed by atoms with Crippen LogP contribution in [-0.2, 0) is 6.54 Å². The average molecular weight is 279 g/mol. The van der Waals surface area contributed by atoms with E-state index in [1.165, 1.54) is 16.7 Å². The molecule has 0 aliphatic heterocycles. The summed E-state index contributed by atoms with van der Waals surface area (Å²) in [5.74, 6) is 0. The van der Waals surface area contributed by atoms with E-state index in [1.54, 1.807) is 11.0 Å². The minimum Gasteiger partial charge on any atom is -0.381 e. The third-order valence-electron chi connectivity index (χ3n) is 3.47. The molecule has 0 bridgehead atoms. The molecule has 0 aliphatic carbocycles. The summed E-state index contributed by atoms with van der Waals surface area (Å²) in [5.41, 5.74) is 5.93. The van der Waals surface area contributed by atoms with Gasteiger partial charge in [-0.1, -0.05) is 23.8 Å². The van der Waals surface area contributed by atoms with E-state index in [1.807, 2.05) is 24.3 Å². The number of hydrogen-bond donors (Lipinski definition) is 1. The van der Waals surface area contributed by atoms with E-state index in [0.717, 1.165) is 17.9 Å². The van der Waals surface area contributed by atoms with Crippen molar-refractivity contribution in [2.45, 2.75) is 20.4 Å². The highest BCUT2D eigenvalue weighted by molar-refractivity contribution is 5.49. The van der Waals surface area contributed by atoms with Crippen LogP contribution < -0.4 is 5.32 Å². The number of nitrogens with zero attached hydrogens (tertiary/aromatic N) is 4. The van der Waals surface area contributed by atoms with Crippen molar-refractivity contribution in [2.24, 2.45) is 0 Å². The third kappa shape index (κ3) is 3.08. The number of tetrazole rings is 1. The van der Waals surface area contributed by atoms with Gasteiger partial charge in [0.1, 0.15) is 6.33 Å². The van der Waals surface area contributed by atoms with Crippen molar-refractivity contribution < 1.29 is 0 Å². The fourth-order valence-corrected chi connectivity index (χ4v) is 2.20. The summed E-state index contributed by atoms with van der Waals surface area (Å²) in [4.78, 5) is 0. The van der Waals surface area contributed by atoms with Crippen LogP contribution in [0.4, 0.5) is 5.69 Å². The number of benzene rings is 2. The second-order valence-electron chi connectivity index (χ2n) is 5.08. The highest BCUT2D eigenvalue weighted by atomic mass is 15.5. The zero-order chi connectivity index (χ0) is 14.7. The van der Waals surface area contributed by atoms with Gasteiger partial charge in [-0.15, -0.1) is 5.10 Å². The van der Waals surface area contributed by atoms with Gasteiger partial charge < -0.3 is 5.32 Å². The second kappa shape index (κ2) is 5.75. The maximum atomic E-state index is 3.87. The topological polar surface area (TPSA) is 55.6 Å². The predicted octanol–water partition coefficient (Wildman–Crippen LogP) is 2.89. The quantitative estimate of drug-likeness (QED) is 0.798. The van der Waals surface area contributed by atoms with Gasteiger partial charge in [0, 0.05) is 12.2 Å². The van der Waals surface area contributed by atoms with Crippen molar-refractivity contribution in [3.05, 3.63) is 65.5 Å². The molecule has 5 nitrogen and oxygen atoms in total. The van der Waals surface area contributed by atoms with Crippen LogP contribution in [0.1, 0.15) is 16.7 Å². The van der Waals surface area contributed by atoms with Crippen molar-refractivity contribution in [3.8, 4) is 5.69 Å². The Morgan fingerprint density at radius 1 is 1.05 bits per heavy atom. The van der Waals surface area contributed by atoms with E-state index in [9.17, 15) is 0 Å². The van der Waals surface area contributed by atoms with Gasteiger partial charge in [-0.3, -0.25) is 0 Å². The Morgan fingerprint density at radius 2 is 1.86 bits per heavy atom. The summed E-state index contributed by atoms with van der Waals surface area (Å²) < 4.78 is 1.63. The van der Waals surface area contributed by atoms with E-state index in [2.05, 4.69) is 52.9 Å². The Labute approximate surface area is 123 Å². The van der Waals surface area contributed by atoms with Crippen LogP contribution in [0.3, 0.4) is 0 Å². The molecule has 21 heavy (non-hydrogen) atoms. The SMILES string of the molecule is Cc1ccc(C)c(CNc2ccc(-n3cnnn3)cc2)c1. The monoisotopic (exact) mass is 279 g/mol. The lowest BCUT2D eigenvalue weighted by Gasteiger charge is -2.10. The first-order valence-electron chi connectivity index (χ1n) is 6.86. The van der Waals surface area contributed by atoms with Gasteiger partial charge in [-0.05, 0) is 59.7 Å². The number of nitrogens with one attached hydrogen (secondary N) is 1. The Balaban J connectivity index is 1.70. The summed E-state index contributed by atoms with van der Waals surface area (Å²) in [6.07, 6.45) is 1.58. The number of rotatable bonds is 4. The van der Waals surface area contributed by atoms with Crippen LogP contribution in [0.25, 0.3) is 5.69 Å². The van der Waals surface area contributed by atoms with Gasteiger partial charge in [-0.25, -0.2) is 4.68 Å². The van der Waals surface area contributed by atoms with E-state index in [4.69, 9.17) is 0 Å². The summed E-state index contributed by atoms with van der Waals surface area (Å²) in [5, 5.41) is 14.6. The molecule has 0 fully saturated rings. The number of aromatic nitrogens is 4. The van der Waals surface area contributed by atoms with Crippen LogP contribution in [0.15, 0.2) is 48.8 Å². The molecule has 0 saturated carbocycles. The maximum Gasteiger partial charge on any atom is 0.143 e. The molecule has 3 aromatic rings. The Hall–Kier alpha value is -2.69. The van der Waals surface area contributed by atoms with Crippen molar-refractivity contribution >= 4 is 5.69 Å². The first-order chi connectivity index (χ1) is 10.2. The number of anilines is 1. The second-order valence-corrected chi connectivity index (χ2v) is 5.08. The molecule has 3 rings (SSSR count). The summed E-state index contributed by atoms with van der Waals surface area (Å²) in [6, 6.07) is 14.6. The molecule has 0 unspecified atom stereocenters. The number of hydrogen-bond acceptors (Lipinski definition) is 4. The van der Waals surface area contributed by atoms with Gasteiger partial charge in [0.15, 0.2) is 0 Å². The van der Waals surface area contributed by atoms with Gasteiger partial charge in [0.2, 0.25) is 0 Å². The van der Waals surface area contributed by atoms with Crippen LogP contribution in [-0.4, -0.2) is 20.2 Å². The first kappa shape index (κ1) is 13.3. The minimum atomic E-state index is 0.817. The first-order valence-corrected chi connectivity index (χ1v) is 6.86. The van der Waals surface area contributed by atoms with Gasteiger partial charge in [0.25, 0.3) is 0 Å². The zero-order valence-electron chi connectivity index (χ0n) is 12.1. The van der Waals surface area contributed by atoms with Crippen molar-refractivity contribution in [3.63, 3.8) is 0 Å². The molecular weight excluding hydrogens is 262 g/mol. The standard InChI is InChI=1S/C16H17N5/c1-12-3-4-13(2)14(9-12)10-17-15-5-7-16(8-6-15)21-11-18-19-20-21/h3-9,11,17H,10H2,1-2H3. The van der Waals surface area contributed by atoms with Crippen molar-refractivity contribution in [1.29, 1.82) is 0 Å². The van der Waals surface area contributed by atoms with Crippen molar-refractivity contribution in [2.75, 3.05) is 5.32 Å². The van der Waals surface area contributed by atoms with Gasteiger partial charge >= 0.3 is 0 Å².